The molecule has 0 saturated carbocycles. The summed E-state index contributed by atoms with van der Waals surface area (Å²) in [6.07, 6.45) is 10.3. The van der Waals surface area contributed by atoms with Gasteiger partial charge in [-0.2, -0.15) is 0 Å². The summed E-state index contributed by atoms with van der Waals surface area (Å²) < 4.78 is 17.2. The molecule has 0 saturated heterocycles. The number of nitrogens with zero attached hydrogens (tertiary/aromatic N) is 7. The summed E-state index contributed by atoms with van der Waals surface area (Å²) in [4.78, 5) is 27.8. The number of benzene rings is 1. The molecule has 0 atom stereocenters. The summed E-state index contributed by atoms with van der Waals surface area (Å²) in [5.74, 6) is -0.505. The van der Waals surface area contributed by atoms with E-state index in [4.69, 9.17) is 0 Å². The topological polar surface area (TPSA) is 105 Å². The number of aromatic nitrogens is 6. The quantitative estimate of drug-likeness (QED) is 0.271. The Bertz CT molecular complexity index is 1430. The highest BCUT2D eigenvalue weighted by atomic mass is 19.1. The van der Waals surface area contributed by atoms with Gasteiger partial charge < -0.3 is 14.7 Å². The molecule has 33 heavy (non-hydrogen) atoms. The van der Waals surface area contributed by atoms with Crippen LogP contribution in [0.3, 0.4) is 0 Å². The number of hydrogen-bond donors (Lipinski definition) is 0. The number of pyridine rings is 1. The first kappa shape index (κ1) is 20.4. The van der Waals surface area contributed by atoms with Gasteiger partial charge in [-0.1, -0.05) is 17.1 Å². The molecule has 0 radical (unpaired) electrons. The Morgan fingerprint density at radius 3 is 2.39 bits per heavy atom. The Labute approximate surface area is 187 Å². The van der Waals surface area contributed by atoms with Crippen molar-refractivity contribution in [2.45, 2.75) is 19.5 Å². The first-order valence-corrected chi connectivity index (χ1v) is 10.3. The molecule has 0 bridgehead atoms. The lowest BCUT2D eigenvalue weighted by atomic mass is 10.0. The molecule has 0 N–H and O–H groups in total. The van der Waals surface area contributed by atoms with Crippen LogP contribution >= 0.6 is 0 Å². The number of aryl methyl sites for hydroxylation is 2. The van der Waals surface area contributed by atoms with Gasteiger partial charge in [0.2, 0.25) is 0 Å². The summed E-state index contributed by atoms with van der Waals surface area (Å²) >= 11 is 0. The molecule has 0 spiro atoms. The third-order valence-electron chi connectivity index (χ3n) is 5.40. The highest BCUT2D eigenvalue weighted by molar-refractivity contribution is 6.00. The second-order valence-electron chi connectivity index (χ2n) is 7.38. The Balaban J connectivity index is 1.62. The van der Waals surface area contributed by atoms with Crippen LogP contribution in [0.15, 0.2) is 73.6 Å². The molecule has 9 nitrogen and oxygen atoms in total. The van der Waals surface area contributed by atoms with Gasteiger partial charge in [0.15, 0.2) is 5.65 Å². The van der Waals surface area contributed by atoms with Crippen molar-refractivity contribution in [1.29, 1.82) is 0 Å². The number of rotatable bonds is 7. The zero-order valence-electron chi connectivity index (χ0n) is 17.4. The molecule has 4 heterocycles. The largest absolute Gasteiger partial charge is 0.434 e. The van der Waals surface area contributed by atoms with Crippen molar-refractivity contribution in [1.82, 2.24) is 29.1 Å². The summed E-state index contributed by atoms with van der Waals surface area (Å²) in [6, 6.07) is 10.1. The number of halogens is 1. The van der Waals surface area contributed by atoms with E-state index in [2.05, 4.69) is 24.5 Å². The second kappa shape index (κ2) is 8.58. The fourth-order valence-corrected chi connectivity index (χ4v) is 4.02. The van der Waals surface area contributed by atoms with Gasteiger partial charge in [0.25, 0.3) is 0 Å². The van der Waals surface area contributed by atoms with Gasteiger partial charge in [0.05, 0.1) is 12.2 Å². The number of fused-ring (bicyclic) bond motifs is 1. The van der Waals surface area contributed by atoms with Crippen LogP contribution in [0.1, 0.15) is 6.42 Å². The minimum Gasteiger partial charge on any atom is -0.390 e. The third-order valence-corrected chi connectivity index (χ3v) is 5.40. The third kappa shape index (κ3) is 3.82. The van der Waals surface area contributed by atoms with Crippen LogP contribution in [-0.2, 0) is 13.1 Å². The van der Waals surface area contributed by atoms with E-state index in [-0.39, 0.29) is 11.8 Å². The Hall–Kier alpha value is -4.47. The highest BCUT2D eigenvalue weighted by Gasteiger charge is 2.22. The van der Waals surface area contributed by atoms with Gasteiger partial charge in [0.1, 0.15) is 23.7 Å². The van der Waals surface area contributed by atoms with Gasteiger partial charge in [-0.25, -0.2) is 13.9 Å². The minimum absolute atomic E-state index is 0.187. The molecule has 4 aromatic heterocycles. The van der Waals surface area contributed by atoms with Crippen molar-refractivity contribution in [2.75, 3.05) is 0 Å². The van der Waals surface area contributed by atoms with E-state index < -0.39 is 4.92 Å². The first-order chi connectivity index (χ1) is 16.1. The molecule has 0 aliphatic heterocycles. The van der Waals surface area contributed by atoms with E-state index in [0.29, 0.717) is 30.7 Å². The Kier molecular flexibility index (Phi) is 5.31. The monoisotopic (exact) mass is 443 g/mol. The summed E-state index contributed by atoms with van der Waals surface area (Å²) in [6.45, 7) is 0.946. The predicted molar refractivity (Wildman–Crippen MR) is 120 cm³/mol. The lowest BCUT2D eigenvalue weighted by molar-refractivity contribution is -0.396. The van der Waals surface area contributed by atoms with E-state index in [0.717, 1.165) is 22.4 Å². The van der Waals surface area contributed by atoms with E-state index in [1.54, 1.807) is 43.1 Å². The molecule has 5 aromatic rings. The smallest absolute Gasteiger partial charge is 0.390 e. The van der Waals surface area contributed by atoms with Crippen LogP contribution in [0.25, 0.3) is 33.5 Å². The fraction of sp³-hybridized carbons (Fsp3) is 0.130. The average molecular weight is 443 g/mol. The van der Waals surface area contributed by atoms with Gasteiger partial charge in [-0.3, -0.25) is 9.97 Å². The van der Waals surface area contributed by atoms with Crippen LogP contribution in [0.2, 0.25) is 0 Å². The molecular weight excluding hydrogens is 425 g/mol. The van der Waals surface area contributed by atoms with Gasteiger partial charge >= 0.3 is 5.95 Å². The van der Waals surface area contributed by atoms with Crippen LogP contribution in [-0.4, -0.2) is 34.0 Å². The van der Waals surface area contributed by atoms with Crippen molar-refractivity contribution in [2.24, 2.45) is 0 Å². The lowest BCUT2D eigenvalue weighted by Crippen LogP contribution is -2.08. The van der Waals surface area contributed by atoms with Crippen molar-refractivity contribution >= 4 is 17.1 Å². The van der Waals surface area contributed by atoms with Crippen LogP contribution in [0.5, 0.6) is 0 Å². The van der Waals surface area contributed by atoms with Crippen molar-refractivity contribution < 1.29 is 9.31 Å². The molecule has 0 unspecified atom stereocenters. The molecule has 0 aliphatic rings. The molecule has 0 aliphatic carbocycles. The standard InChI is InChI=1S/C23H18FN7O2/c24-18-4-2-16(3-5-18)19-20-22(27-11-10-26-20)30(21(19)17-6-8-25-9-7-17)14-1-13-29-15-12-28-23(29)31(32)33/h2-12,15H,1,13-14H2. The van der Waals surface area contributed by atoms with Crippen molar-refractivity contribution in [3.05, 3.63) is 89.5 Å². The first-order valence-electron chi connectivity index (χ1n) is 10.3. The minimum atomic E-state index is -0.494. The second-order valence-corrected chi connectivity index (χ2v) is 7.38. The van der Waals surface area contributed by atoms with Gasteiger partial charge in [-0.05, 0) is 41.2 Å². The molecular formula is C23H18FN7O2. The SMILES string of the molecule is O=[N+]([O-])c1nccn1CCCn1c(-c2ccncc2)c(-c2ccc(F)cc2)c2nccnc21. The van der Waals surface area contributed by atoms with E-state index in [1.807, 2.05) is 12.1 Å². The maximum atomic E-state index is 13.6. The zero-order chi connectivity index (χ0) is 22.8. The molecule has 5 rings (SSSR count). The van der Waals surface area contributed by atoms with Gasteiger partial charge in [0, 0.05) is 42.5 Å². The molecule has 0 amide bonds. The molecule has 10 heteroatoms. The Morgan fingerprint density at radius 2 is 1.64 bits per heavy atom. The van der Waals surface area contributed by atoms with E-state index in [1.165, 1.54) is 22.9 Å². The maximum Gasteiger partial charge on any atom is 0.434 e. The zero-order valence-corrected chi connectivity index (χ0v) is 17.4. The number of imidazole rings is 1. The van der Waals surface area contributed by atoms with Gasteiger partial charge in [-0.15, -0.1) is 0 Å². The normalized spacial score (nSPS) is 11.2. The van der Waals surface area contributed by atoms with Crippen molar-refractivity contribution in [3.63, 3.8) is 0 Å². The van der Waals surface area contributed by atoms with E-state index >= 15 is 0 Å². The fourth-order valence-electron chi connectivity index (χ4n) is 4.02. The number of nitro groups is 1. The van der Waals surface area contributed by atoms with Crippen LogP contribution in [0.4, 0.5) is 10.3 Å². The predicted octanol–water partition coefficient (Wildman–Crippen LogP) is 4.49. The highest BCUT2D eigenvalue weighted by Crippen LogP contribution is 2.39. The molecule has 0 fully saturated rings. The lowest BCUT2D eigenvalue weighted by Gasteiger charge is -2.12. The van der Waals surface area contributed by atoms with Crippen LogP contribution < -0.4 is 0 Å². The summed E-state index contributed by atoms with van der Waals surface area (Å²) in [5, 5.41) is 11.2. The number of hydrogen-bond acceptors (Lipinski definition) is 6. The summed E-state index contributed by atoms with van der Waals surface area (Å²) in [7, 11) is 0. The van der Waals surface area contributed by atoms with E-state index in [9.17, 15) is 14.5 Å². The average Bonchev–Trinajstić information content (AvgIpc) is 3.43. The molecule has 1 aromatic carbocycles. The Morgan fingerprint density at radius 1 is 0.879 bits per heavy atom. The molecule has 164 valence electrons. The summed E-state index contributed by atoms with van der Waals surface area (Å²) in [5.41, 5.74) is 4.84. The van der Waals surface area contributed by atoms with Crippen LogP contribution in [0, 0.1) is 15.9 Å². The van der Waals surface area contributed by atoms with Crippen molar-refractivity contribution in [3.8, 4) is 22.4 Å². The maximum absolute atomic E-state index is 13.6.